The molecule has 0 aliphatic carbocycles. The van der Waals surface area contributed by atoms with Gasteiger partial charge in [-0.25, -0.2) is 9.48 Å². The summed E-state index contributed by atoms with van der Waals surface area (Å²) in [5.74, 6) is -0.852. The molecule has 1 aromatic heterocycles. The van der Waals surface area contributed by atoms with Gasteiger partial charge in [0.1, 0.15) is 6.54 Å². The zero-order valence-electron chi connectivity index (χ0n) is 17.8. The highest BCUT2D eigenvalue weighted by atomic mass is 35.5. The number of nitrogens with zero attached hydrogens (tertiary/aromatic N) is 3. The van der Waals surface area contributed by atoms with Crippen molar-refractivity contribution in [2.45, 2.75) is 31.4 Å². The number of nitrogens with two attached hydrogens (primary N) is 1. The molecule has 3 rings (SSSR count). The van der Waals surface area contributed by atoms with Gasteiger partial charge in [-0.05, 0) is 35.9 Å². The molecular formula is C21H19Cl3F3N5O3. The Hall–Kier alpha value is -2.57. The maximum absolute atomic E-state index is 12.9. The molecule has 2 unspecified atom stereocenters. The van der Waals surface area contributed by atoms with E-state index in [0.29, 0.717) is 24.9 Å². The van der Waals surface area contributed by atoms with Crippen molar-refractivity contribution in [1.82, 2.24) is 19.7 Å². The van der Waals surface area contributed by atoms with E-state index in [-0.39, 0.29) is 23.0 Å². The van der Waals surface area contributed by atoms with E-state index >= 15 is 0 Å². The molecule has 0 fully saturated rings. The number of hydrogen-bond acceptors (Lipinski definition) is 5. The number of amides is 1. The lowest BCUT2D eigenvalue weighted by Crippen LogP contribution is -2.39. The van der Waals surface area contributed by atoms with Gasteiger partial charge in [0.25, 0.3) is 0 Å². The second-order valence-corrected chi connectivity index (χ2v) is 8.71. The molecule has 0 radical (unpaired) electrons. The van der Waals surface area contributed by atoms with E-state index in [1.165, 1.54) is 24.3 Å². The summed E-state index contributed by atoms with van der Waals surface area (Å²) in [6, 6.07) is 9.95. The second-order valence-electron chi connectivity index (χ2n) is 7.49. The molecule has 2 aromatic carbocycles. The number of aliphatic hydroxyl groups is 1. The van der Waals surface area contributed by atoms with Crippen LogP contribution in [0.25, 0.3) is 11.4 Å². The van der Waals surface area contributed by atoms with Crippen LogP contribution < -0.4 is 16.7 Å². The molecule has 0 spiro atoms. The quantitative estimate of drug-likeness (QED) is 0.396. The highest BCUT2D eigenvalue weighted by Crippen LogP contribution is 2.29. The van der Waals surface area contributed by atoms with Gasteiger partial charge in [-0.3, -0.25) is 9.36 Å². The Labute approximate surface area is 212 Å². The van der Waals surface area contributed by atoms with Crippen molar-refractivity contribution in [3.05, 3.63) is 73.6 Å². The first kappa shape index (κ1) is 27.0. The number of halogens is 6. The number of carbonyl (C=O) groups is 1. The average Bonchev–Trinajstić information content (AvgIpc) is 3.09. The van der Waals surface area contributed by atoms with Crippen LogP contribution in [0.2, 0.25) is 15.1 Å². The molecule has 1 amide bonds. The van der Waals surface area contributed by atoms with E-state index in [0.717, 1.165) is 0 Å². The van der Waals surface area contributed by atoms with Crippen LogP contribution in [-0.2, 0) is 17.9 Å². The number of aliphatic hydroxyl groups excluding tert-OH is 1. The summed E-state index contributed by atoms with van der Waals surface area (Å²) >= 11 is 17.9. The van der Waals surface area contributed by atoms with Crippen LogP contribution in [0, 0.1) is 0 Å². The number of nitrogens with one attached hydrogen (secondary N) is 1. The van der Waals surface area contributed by atoms with Crippen LogP contribution in [0.3, 0.4) is 0 Å². The topological polar surface area (TPSA) is 115 Å². The third kappa shape index (κ3) is 6.56. The van der Waals surface area contributed by atoms with Crippen LogP contribution in [0.4, 0.5) is 13.2 Å². The first-order chi connectivity index (χ1) is 16.4. The Kier molecular flexibility index (Phi) is 8.50. The minimum absolute atomic E-state index is 0.0643. The van der Waals surface area contributed by atoms with Gasteiger partial charge in [0.2, 0.25) is 5.91 Å². The predicted octanol–water partition coefficient (Wildman–Crippen LogP) is 3.41. The van der Waals surface area contributed by atoms with Gasteiger partial charge in [0.05, 0.1) is 16.6 Å². The number of rotatable bonds is 8. The fourth-order valence-electron chi connectivity index (χ4n) is 3.13. The lowest BCUT2D eigenvalue weighted by molar-refractivity contribution is -0.207. The number of aromatic nitrogens is 3. The highest BCUT2D eigenvalue weighted by molar-refractivity contribution is 6.42. The van der Waals surface area contributed by atoms with Gasteiger partial charge < -0.3 is 16.2 Å². The van der Waals surface area contributed by atoms with Gasteiger partial charge in [-0.2, -0.15) is 13.2 Å². The zero-order chi connectivity index (χ0) is 25.9. The molecule has 188 valence electrons. The number of carbonyl (C=O) groups excluding carboxylic acids is 1. The Morgan fingerprint density at radius 2 is 1.80 bits per heavy atom. The van der Waals surface area contributed by atoms with Crippen molar-refractivity contribution < 1.29 is 23.1 Å². The third-order valence-corrected chi connectivity index (χ3v) is 6.04. The van der Waals surface area contributed by atoms with Gasteiger partial charge in [0, 0.05) is 23.2 Å². The summed E-state index contributed by atoms with van der Waals surface area (Å²) in [4.78, 5) is 25.2. The van der Waals surface area contributed by atoms with E-state index in [1.54, 1.807) is 18.2 Å². The van der Waals surface area contributed by atoms with Crippen LogP contribution in [0.15, 0.2) is 47.3 Å². The molecule has 35 heavy (non-hydrogen) atoms. The molecule has 8 nitrogen and oxygen atoms in total. The van der Waals surface area contributed by atoms with E-state index in [1.807, 2.05) is 0 Å². The lowest BCUT2D eigenvalue weighted by atomic mass is 10.1. The first-order valence-corrected chi connectivity index (χ1v) is 11.2. The normalized spacial score (nSPS) is 13.5. The standard InChI is InChI=1S/C21H19Cl3F3N5O3/c22-12-6-4-11(5-7-12)19-30-32(20(35)31(19)9-16(33)21(25,26)27)10-17(34)29-8-15(28)13-2-1-3-14(23)18(13)24/h1-7,15-16,33H,8-10,28H2,(H,29,34). The fraction of sp³-hybridized carbons (Fsp3) is 0.286. The summed E-state index contributed by atoms with van der Waals surface area (Å²) in [5.41, 5.74) is 5.79. The predicted molar refractivity (Wildman–Crippen MR) is 125 cm³/mol. The Bertz CT molecular complexity index is 1260. The van der Waals surface area contributed by atoms with Crippen molar-refractivity contribution >= 4 is 40.7 Å². The summed E-state index contributed by atoms with van der Waals surface area (Å²) in [7, 11) is 0. The van der Waals surface area contributed by atoms with Crippen LogP contribution in [0.1, 0.15) is 11.6 Å². The van der Waals surface area contributed by atoms with E-state index in [2.05, 4.69) is 10.4 Å². The van der Waals surface area contributed by atoms with Crippen molar-refractivity contribution in [2.75, 3.05) is 6.54 Å². The molecule has 0 saturated carbocycles. The zero-order valence-corrected chi connectivity index (χ0v) is 20.0. The molecule has 2 atom stereocenters. The molecule has 0 aliphatic rings. The largest absolute Gasteiger partial charge is 0.416 e. The first-order valence-electron chi connectivity index (χ1n) is 10.0. The van der Waals surface area contributed by atoms with Gasteiger partial charge in [0.15, 0.2) is 11.9 Å². The smallest absolute Gasteiger partial charge is 0.382 e. The summed E-state index contributed by atoms with van der Waals surface area (Å²) in [5, 5.41) is 16.9. The van der Waals surface area contributed by atoms with Crippen molar-refractivity contribution in [3.8, 4) is 11.4 Å². The summed E-state index contributed by atoms with van der Waals surface area (Å²) < 4.78 is 40.1. The van der Waals surface area contributed by atoms with Crippen molar-refractivity contribution in [2.24, 2.45) is 5.73 Å². The van der Waals surface area contributed by atoms with E-state index in [4.69, 9.17) is 40.5 Å². The van der Waals surface area contributed by atoms with Crippen molar-refractivity contribution in [3.63, 3.8) is 0 Å². The lowest BCUT2D eigenvalue weighted by Gasteiger charge is -2.15. The van der Waals surface area contributed by atoms with Crippen LogP contribution in [-0.4, -0.2) is 44.2 Å². The molecular weight excluding hydrogens is 534 g/mol. The Morgan fingerprint density at radius 3 is 2.43 bits per heavy atom. The Morgan fingerprint density at radius 1 is 1.14 bits per heavy atom. The Balaban J connectivity index is 1.81. The molecule has 0 saturated heterocycles. The van der Waals surface area contributed by atoms with Gasteiger partial charge >= 0.3 is 11.9 Å². The molecule has 1 heterocycles. The minimum Gasteiger partial charge on any atom is -0.382 e. The van der Waals surface area contributed by atoms with Crippen molar-refractivity contribution in [1.29, 1.82) is 0 Å². The summed E-state index contributed by atoms with van der Waals surface area (Å²) in [6.07, 6.45) is -7.79. The highest BCUT2D eigenvalue weighted by Gasteiger charge is 2.39. The molecule has 0 bridgehead atoms. The molecule has 3 aromatic rings. The van der Waals surface area contributed by atoms with Crippen LogP contribution >= 0.6 is 34.8 Å². The van der Waals surface area contributed by atoms with Crippen LogP contribution in [0.5, 0.6) is 0 Å². The SMILES string of the molecule is NC(CNC(=O)Cn1nc(-c2ccc(Cl)cc2)n(CC(O)C(F)(F)F)c1=O)c1cccc(Cl)c1Cl. The average molecular weight is 553 g/mol. The fourth-order valence-corrected chi connectivity index (χ4v) is 3.70. The maximum Gasteiger partial charge on any atom is 0.416 e. The van der Waals surface area contributed by atoms with Gasteiger partial charge in [-0.1, -0.05) is 46.9 Å². The monoisotopic (exact) mass is 551 g/mol. The molecule has 4 N–H and O–H groups in total. The maximum atomic E-state index is 12.9. The number of benzene rings is 2. The number of alkyl halides is 3. The molecule has 0 aliphatic heterocycles. The van der Waals surface area contributed by atoms with Gasteiger partial charge in [-0.15, -0.1) is 5.10 Å². The summed E-state index contributed by atoms with van der Waals surface area (Å²) in [6.45, 7) is -1.78. The number of hydrogen-bond donors (Lipinski definition) is 3. The molecule has 14 heteroatoms. The third-order valence-electron chi connectivity index (χ3n) is 4.95. The van der Waals surface area contributed by atoms with E-state index < -0.39 is 43.0 Å². The van der Waals surface area contributed by atoms with E-state index in [9.17, 15) is 27.9 Å². The minimum atomic E-state index is -4.96. The second kappa shape index (κ2) is 11.0.